The van der Waals surface area contributed by atoms with Crippen molar-refractivity contribution in [3.05, 3.63) is 101 Å². The lowest BCUT2D eigenvalue weighted by molar-refractivity contribution is -0.385. The summed E-state index contributed by atoms with van der Waals surface area (Å²) in [6, 6.07) is 11.6. The van der Waals surface area contributed by atoms with Crippen molar-refractivity contribution in [1.29, 1.82) is 0 Å². The molecule has 1 aliphatic heterocycles. The first-order valence-electron chi connectivity index (χ1n) is 10.0. The summed E-state index contributed by atoms with van der Waals surface area (Å²) in [4.78, 5) is 41.5. The lowest BCUT2D eigenvalue weighted by Crippen LogP contribution is -2.39. The third-order valence-electron chi connectivity index (χ3n) is 5.12. The zero-order valence-corrected chi connectivity index (χ0v) is 18.5. The van der Waals surface area contributed by atoms with Crippen molar-refractivity contribution in [3.8, 4) is 5.75 Å². The first-order valence-corrected chi connectivity index (χ1v) is 10.8. The van der Waals surface area contributed by atoms with Gasteiger partial charge in [-0.05, 0) is 31.1 Å². The fourth-order valence-electron chi connectivity index (χ4n) is 3.65. The van der Waals surface area contributed by atoms with Gasteiger partial charge in [0.1, 0.15) is 0 Å². The Balaban J connectivity index is 1.96. The largest absolute Gasteiger partial charge is 0.872 e. The molecule has 0 radical (unpaired) electrons. The smallest absolute Gasteiger partial charge is 0.338 e. The summed E-state index contributed by atoms with van der Waals surface area (Å²) in [5.74, 6) is -1.02. The Kier molecular flexibility index (Phi) is 5.93. The molecular formula is C23H18N3O6S-. The summed E-state index contributed by atoms with van der Waals surface area (Å²) >= 11 is 1.04. The number of aromatic nitrogens is 1. The summed E-state index contributed by atoms with van der Waals surface area (Å²) in [7, 11) is 0. The number of carbonyl (C=O) groups excluding carboxylic acids is 1. The number of esters is 1. The van der Waals surface area contributed by atoms with Crippen molar-refractivity contribution in [3.63, 3.8) is 0 Å². The highest BCUT2D eigenvalue weighted by molar-refractivity contribution is 7.07. The van der Waals surface area contributed by atoms with Gasteiger partial charge in [-0.15, -0.1) is 5.75 Å². The van der Waals surface area contributed by atoms with Gasteiger partial charge in [-0.25, -0.2) is 9.79 Å². The van der Waals surface area contributed by atoms with E-state index in [0.29, 0.717) is 16.1 Å². The van der Waals surface area contributed by atoms with E-state index in [9.17, 15) is 24.8 Å². The van der Waals surface area contributed by atoms with E-state index in [4.69, 9.17) is 4.74 Å². The molecule has 33 heavy (non-hydrogen) atoms. The molecule has 1 aromatic heterocycles. The highest BCUT2D eigenvalue weighted by Gasteiger charge is 2.33. The normalized spacial score (nSPS) is 15.7. The van der Waals surface area contributed by atoms with Gasteiger partial charge in [0.15, 0.2) is 4.80 Å². The molecule has 168 valence electrons. The fraction of sp³-hybridized carbons (Fsp3) is 0.174. The quantitative estimate of drug-likeness (QED) is 0.322. The van der Waals surface area contributed by atoms with Crippen molar-refractivity contribution in [2.45, 2.75) is 19.9 Å². The molecule has 1 aliphatic rings. The topological polar surface area (TPSA) is 127 Å². The molecular weight excluding hydrogens is 446 g/mol. The molecule has 2 aromatic carbocycles. The highest BCUT2D eigenvalue weighted by Crippen LogP contribution is 2.30. The van der Waals surface area contributed by atoms with Crippen molar-refractivity contribution in [2.24, 2.45) is 4.99 Å². The Morgan fingerprint density at radius 1 is 1.27 bits per heavy atom. The summed E-state index contributed by atoms with van der Waals surface area (Å²) in [5, 5.41) is 23.3. The van der Waals surface area contributed by atoms with Gasteiger partial charge >= 0.3 is 5.97 Å². The number of fused-ring (bicyclic) bond motifs is 1. The Morgan fingerprint density at radius 2 is 2.00 bits per heavy atom. The molecule has 0 N–H and O–H groups in total. The van der Waals surface area contributed by atoms with Gasteiger partial charge in [0.2, 0.25) is 0 Å². The minimum Gasteiger partial charge on any atom is -0.872 e. The zero-order chi connectivity index (χ0) is 23.7. The fourth-order valence-corrected chi connectivity index (χ4v) is 4.68. The van der Waals surface area contributed by atoms with Gasteiger partial charge in [-0.3, -0.25) is 19.5 Å². The number of nitrogens with zero attached hydrogens (tertiary/aromatic N) is 3. The van der Waals surface area contributed by atoms with Crippen LogP contribution in [0.1, 0.15) is 31.0 Å². The summed E-state index contributed by atoms with van der Waals surface area (Å²) in [6.45, 7) is 3.54. The molecule has 2 heterocycles. The molecule has 0 bridgehead atoms. The maximum absolute atomic E-state index is 13.4. The molecule has 1 atom stereocenters. The van der Waals surface area contributed by atoms with Crippen LogP contribution >= 0.6 is 11.3 Å². The van der Waals surface area contributed by atoms with Crippen LogP contribution < -0.4 is 20.0 Å². The van der Waals surface area contributed by atoms with E-state index in [1.807, 2.05) is 6.07 Å². The van der Waals surface area contributed by atoms with Gasteiger partial charge in [0.05, 0.1) is 33.4 Å². The lowest BCUT2D eigenvalue weighted by Gasteiger charge is -2.24. The minimum atomic E-state index is -0.763. The van der Waals surface area contributed by atoms with Crippen LogP contribution in [0, 0.1) is 10.1 Å². The van der Waals surface area contributed by atoms with Crippen LogP contribution in [0.15, 0.2) is 69.6 Å². The van der Waals surface area contributed by atoms with E-state index in [2.05, 4.69) is 4.99 Å². The number of allylic oxidation sites excluding steroid dienone is 1. The van der Waals surface area contributed by atoms with Gasteiger partial charge in [-0.1, -0.05) is 47.7 Å². The second-order valence-corrected chi connectivity index (χ2v) is 8.20. The molecule has 0 spiro atoms. The Labute approximate surface area is 191 Å². The van der Waals surface area contributed by atoms with Gasteiger partial charge < -0.3 is 9.84 Å². The zero-order valence-electron chi connectivity index (χ0n) is 17.7. The number of hydrogen-bond donors (Lipinski definition) is 0. The summed E-state index contributed by atoms with van der Waals surface area (Å²) in [6.07, 6.45) is 1.32. The van der Waals surface area contributed by atoms with E-state index in [1.165, 1.54) is 10.6 Å². The predicted molar refractivity (Wildman–Crippen MR) is 119 cm³/mol. The van der Waals surface area contributed by atoms with Crippen molar-refractivity contribution >= 4 is 29.1 Å². The van der Waals surface area contributed by atoms with Crippen LogP contribution in [-0.4, -0.2) is 22.1 Å². The van der Waals surface area contributed by atoms with Gasteiger partial charge in [0, 0.05) is 12.1 Å². The van der Waals surface area contributed by atoms with Gasteiger partial charge in [0.25, 0.3) is 11.2 Å². The van der Waals surface area contributed by atoms with Crippen LogP contribution in [0.2, 0.25) is 0 Å². The second-order valence-electron chi connectivity index (χ2n) is 7.19. The number of nitro benzene ring substituents is 1. The monoisotopic (exact) mass is 464 g/mol. The van der Waals surface area contributed by atoms with Crippen molar-refractivity contribution in [2.75, 3.05) is 6.61 Å². The molecule has 0 aliphatic carbocycles. The minimum absolute atomic E-state index is 0.0204. The van der Waals surface area contributed by atoms with E-state index < -0.39 is 28.2 Å². The lowest BCUT2D eigenvalue weighted by atomic mass is 9.96. The molecule has 0 unspecified atom stereocenters. The number of hydrogen-bond acceptors (Lipinski definition) is 8. The standard InChI is InChI=1S/C23H19N3O6S/c1-3-32-22(29)19-13(2)24-23-25(20(19)14-7-5-4-6-8-14)21(28)18(33-23)12-15-11-16(26(30)31)9-10-17(15)27/h4-12,20,27H,3H2,1-2H3/p-1/b18-12-/t20-/m0/s1. The predicted octanol–water partition coefficient (Wildman–Crippen LogP) is 1.78. The number of thiazole rings is 1. The Morgan fingerprint density at radius 3 is 2.67 bits per heavy atom. The Hall–Kier alpha value is -4.05. The third kappa shape index (κ3) is 4.08. The second kappa shape index (κ2) is 8.83. The average Bonchev–Trinajstić information content (AvgIpc) is 3.09. The highest BCUT2D eigenvalue weighted by atomic mass is 32.1. The number of carbonyl (C=O) groups is 1. The molecule has 0 fully saturated rings. The summed E-state index contributed by atoms with van der Waals surface area (Å²) < 4.78 is 6.80. The van der Waals surface area contributed by atoms with E-state index in [1.54, 1.807) is 38.1 Å². The van der Waals surface area contributed by atoms with E-state index in [-0.39, 0.29) is 28.0 Å². The number of nitro groups is 1. The van der Waals surface area contributed by atoms with E-state index in [0.717, 1.165) is 29.5 Å². The van der Waals surface area contributed by atoms with Crippen LogP contribution in [0.5, 0.6) is 5.75 Å². The molecule has 0 saturated heterocycles. The number of benzene rings is 2. The maximum Gasteiger partial charge on any atom is 0.338 e. The molecule has 4 rings (SSSR count). The SMILES string of the molecule is CCOC(=O)C1=C(C)N=c2s/c(=C\c3cc([N+](=O)[O-])ccc3[O-])c(=O)n2[C@H]1c1ccccc1. The third-order valence-corrected chi connectivity index (χ3v) is 6.11. The first kappa shape index (κ1) is 22.2. The molecule has 0 amide bonds. The Bertz CT molecular complexity index is 1470. The molecule has 0 saturated carbocycles. The van der Waals surface area contributed by atoms with Crippen LogP contribution in [0.4, 0.5) is 5.69 Å². The van der Waals surface area contributed by atoms with E-state index >= 15 is 0 Å². The number of rotatable bonds is 5. The molecule has 10 heteroatoms. The average molecular weight is 464 g/mol. The van der Waals surface area contributed by atoms with Crippen molar-refractivity contribution in [1.82, 2.24) is 4.57 Å². The number of non-ortho nitro benzene ring substituents is 1. The van der Waals surface area contributed by atoms with Crippen molar-refractivity contribution < 1.29 is 19.6 Å². The maximum atomic E-state index is 13.4. The first-order chi connectivity index (χ1) is 15.8. The van der Waals surface area contributed by atoms with Crippen LogP contribution in [0.3, 0.4) is 0 Å². The number of ether oxygens (including phenoxy) is 1. The van der Waals surface area contributed by atoms with Crippen LogP contribution in [0.25, 0.3) is 6.08 Å². The van der Waals surface area contributed by atoms with Gasteiger partial charge in [-0.2, -0.15) is 0 Å². The summed E-state index contributed by atoms with van der Waals surface area (Å²) in [5.41, 5.74) is 0.676. The molecule has 9 nitrogen and oxygen atoms in total. The van der Waals surface area contributed by atoms with Crippen LogP contribution in [-0.2, 0) is 9.53 Å². The molecule has 3 aromatic rings.